The zero-order valence-corrected chi connectivity index (χ0v) is 19.1. The van der Waals surface area contributed by atoms with Crippen LogP contribution in [0.1, 0.15) is 51.9 Å². The van der Waals surface area contributed by atoms with Crippen molar-refractivity contribution in [3.63, 3.8) is 0 Å². The van der Waals surface area contributed by atoms with Crippen molar-refractivity contribution in [2.24, 2.45) is 11.8 Å². The number of carbonyl (C=O) groups excluding carboxylic acids is 3. The smallest absolute Gasteiger partial charge is 0.233 e. The number of rotatable bonds is 8. The fourth-order valence-electron chi connectivity index (χ4n) is 4.58. The molecule has 1 saturated heterocycles. The Bertz CT molecular complexity index is 967. The maximum Gasteiger partial charge on any atom is 0.233 e. The molecule has 1 aromatic carbocycles. The van der Waals surface area contributed by atoms with Gasteiger partial charge in [-0.15, -0.1) is 11.3 Å². The summed E-state index contributed by atoms with van der Waals surface area (Å²) in [5, 5.41) is 2.43. The number of aromatic nitrogens is 1. The lowest BCUT2D eigenvalue weighted by atomic mass is 9.81. The van der Waals surface area contributed by atoms with Crippen LogP contribution < -0.4 is 4.90 Å². The first kappa shape index (κ1) is 22.6. The lowest BCUT2D eigenvalue weighted by Gasteiger charge is -2.21. The molecule has 0 bridgehead atoms. The molecule has 1 aliphatic heterocycles. The van der Waals surface area contributed by atoms with Gasteiger partial charge in [0.05, 0.1) is 17.5 Å². The minimum absolute atomic E-state index is 0.0894. The van der Waals surface area contributed by atoms with Crippen molar-refractivity contribution < 1.29 is 18.8 Å². The Morgan fingerprint density at radius 3 is 2.44 bits per heavy atom. The number of unbranched alkanes of at least 4 members (excludes halogenated alkanes) is 1. The second kappa shape index (κ2) is 9.90. The molecule has 0 unspecified atom stereocenters. The Labute approximate surface area is 191 Å². The predicted octanol–water partition coefficient (Wildman–Crippen LogP) is 4.65. The summed E-state index contributed by atoms with van der Waals surface area (Å²) < 4.78 is 13.2. The fraction of sp³-hybridized carbons (Fsp3) is 0.500. The highest BCUT2D eigenvalue weighted by Gasteiger charge is 2.47. The summed E-state index contributed by atoms with van der Waals surface area (Å²) in [6, 6.07) is 6.10. The van der Waals surface area contributed by atoms with Gasteiger partial charge in [0.25, 0.3) is 0 Å². The molecule has 32 heavy (non-hydrogen) atoms. The number of fused-ring (bicyclic) bond motifs is 1. The number of thiazole rings is 1. The number of likely N-dealkylation sites (tertiary alicyclic amines) is 1. The molecule has 1 aromatic heterocycles. The van der Waals surface area contributed by atoms with Gasteiger partial charge in [-0.1, -0.05) is 26.2 Å². The van der Waals surface area contributed by atoms with Gasteiger partial charge in [-0.05, 0) is 43.5 Å². The minimum atomic E-state index is -0.310. The standard InChI is InChI=1S/C24H28FN3O3S/c1-2-3-13-27(24-26-20(15-32-24)16-8-10-17(25)11-9-16)21(29)12-14-28-22(30)18-6-4-5-7-19(18)23(28)31/h8-11,15,18-19H,2-7,12-14H2,1H3/t18-,19+. The molecule has 6 nitrogen and oxygen atoms in total. The third kappa shape index (κ3) is 4.60. The van der Waals surface area contributed by atoms with Crippen LogP contribution in [0.25, 0.3) is 11.3 Å². The third-order valence-corrected chi connectivity index (χ3v) is 7.24. The molecule has 0 radical (unpaired) electrons. The number of imide groups is 1. The van der Waals surface area contributed by atoms with Crippen LogP contribution in [0.15, 0.2) is 29.6 Å². The van der Waals surface area contributed by atoms with E-state index in [4.69, 9.17) is 0 Å². The van der Waals surface area contributed by atoms with Gasteiger partial charge >= 0.3 is 0 Å². The maximum absolute atomic E-state index is 13.2. The van der Waals surface area contributed by atoms with Crippen LogP contribution in [0.5, 0.6) is 0 Å². The van der Waals surface area contributed by atoms with E-state index < -0.39 is 0 Å². The van der Waals surface area contributed by atoms with Gasteiger partial charge in [-0.3, -0.25) is 24.2 Å². The summed E-state index contributed by atoms with van der Waals surface area (Å²) in [6.45, 7) is 2.71. The molecular weight excluding hydrogens is 429 g/mol. The number of anilines is 1. The Hall–Kier alpha value is -2.61. The molecule has 2 aromatic rings. The Kier molecular flexibility index (Phi) is 6.98. The third-order valence-electron chi connectivity index (χ3n) is 6.38. The van der Waals surface area contributed by atoms with Crippen molar-refractivity contribution in [3.8, 4) is 11.3 Å². The van der Waals surface area contributed by atoms with E-state index in [2.05, 4.69) is 11.9 Å². The molecule has 2 heterocycles. The van der Waals surface area contributed by atoms with Crippen molar-refractivity contribution >= 4 is 34.2 Å². The van der Waals surface area contributed by atoms with Gasteiger partial charge in [0.2, 0.25) is 17.7 Å². The van der Waals surface area contributed by atoms with Gasteiger partial charge in [-0.2, -0.15) is 0 Å². The van der Waals surface area contributed by atoms with Crippen molar-refractivity contribution in [1.29, 1.82) is 0 Å². The quantitative estimate of drug-likeness (QED) is 0.541. The van der Waals surface area contributed by atoms with Gasteiger partial charge in [0.1, 0.15) is 5.82 Å². The van der Waals surface area contributed by atoms with E-state index >= 15 is 0 Å². The highest BCUT2D eigenvalue weighted by Crippen LogP contribution is 2.38. The predicted molar refractivity (Wildman–Crippen MR) is 122 cm³/mol. The Morgan fingerprint density at radius 2 is 1.81 bits per heavy atom. The second-order valence-electron chi connectivity index (χ2n) is 8.50. The van der Waals surface area contributed by atoms with Crippen molar-refractivity contribution in [2.75, 3.05) is 18.0 Å². The van der Waals surface area contributed by atoms with Crippen LogP contribution >= 0.6 is 11.3 Å². The summed E-state index contributed by atoms with van der Waals surface area (Å²) in [5.74, 6) is -1.07. The zero-order chi connectivity index (χ0) is 22.7. The summed E-state index contributed by atoms with van der Waals surface area (Å²) in [4.78, 5) is 46.1. The number of nitrogens with zero attached hydrogens (tertiary/aromatic N) is 3. The molecule has 2 atom stereocenters. The van der Waals surface area contributed by atoms with E-state index in [0.29, 0.717) is 17.4 Å². The van der Waals surface area contributed by atoms with E-state index in [1.54, 1.807) is 17.0 Å². The molecule has 2 aliphatic rings. The van der Waals surface area contributed by atoms with E-state index in [-0.39, 0.29) is 48.3 Å². The molecule has 2 fully saturated rings. The van der Waals surface area contributed by atoms with Crippen molar-refractivity contribution in [1.82, 2.24) is 9.88 Å². The summed E-state index contributed by atoms with van der Waals surface area (Å²) >= 11 is 1.36. The van der Waals surface area contributed by atoms with E-state index in [9.17, 15) is 18.8 Å². The minimum Gasteiger partial charge on any atom is -0.288 e. The molecule has 1 aliphatic carbocycles. The first-order valence-electron chi connectivity index (χ1n) is 11.4. The number of hydrogen-bond donors (Lipinski definition) is 0. The van der Waals surface area contributed by atoms with Gasteiger partial charge in [-0.25, -0.2) is 9.37 Å². The maximum atomic E-state index is 13.2. The SMILES string of the molecule is CCCCN(C(=O)CCN1C(=O)[C@H]2CCCC[C@H]2C1=O)c1nc(-c2ccc(F)cc2)cs1. The topological polar surface area (TPSA) is 70.6 Å². The monoisotopic (exact) mass is 457 g/mol. The first-order valence-corrected chi connectivity index (χ1v) is 12.2. The summed E-state index contributed by atoms with van der Waals surface area (Å²) in [6.07, 6.45) is 5.35. The van der Waals surface area contributed by atoms with Crippen molar-refractivity contribution in [2.45, 2.75) is 51.9 Å². The fourth-order valence-corrected chi connectivity index (χ4v) is 5.46. The number of halogens is 1. The average molecular weight is 458 g/mol. The van der Waals surface area contributed by atoms with Gasteiger partial charge in [0, 0.05) is 30.5 Å². The van der Waals surface area contributed by atoms with Gasteiger partial charge in [0.15, 0.2) is 5.13 Å². The molecule has 3 amide bonds. The number of amides is 3. The number of hydrogen-bond acceptors (Lipinski definition) is 5. The van der Waals surface area contributed by atoms with Crippen LogP contribution in [0.4, 0.5) is 9.52 Å². The molecular formula is C24H28FN3O3S. The molecule has 4 rings (SSSR count). The largest absolute Gasteiger partial charge is 0.288 e. The molecule has 0 N–H and O–H groups in total. The van der Waals surface area contributed by atoms with E-state index in [1.165, 1.54) is 28.4 Å². The van der Waals surface area contributed by atoms with Crippen LogP contribution in [0, 0.1) is 17.7 Å². The molecule has 0 spiro atoms. The van der Waals surface area contributed by atoms with Crippen molar-refractivity contribution in [3.05, 3.63) is 35.5 Å². The average Bonchev–Trinajstić information content (AvgIpc) is 3.37. The highest BCUT2D eigenvalue weighted by molar-refractivity contribution is 7.14. The zero-order valence-electron chi connectivity index (χ0n) is 18.3. The first-order chi connectivity index (χ1) is 15.5. The number of benzene rings is 1. The second-order valence-corrected chi connectivity index (χ2v) is 9.33. The van der Waals surface area contributed by atoms with Gasteiger partial charge < -0.3 is 0 Å². The number of carbonyl (C=O) groups is 3. The molecule has 170 valence electrons. The summed E-state index contributed by atoms with van der Waals surface area (Å²) in [7, 11) is 0. The molecule has 8 heteroatoms. The molecule has 1 saturated carbocycles. The normalized spacial score (nSPS) is 20.5. The van der Waals surface area contributed by atoms with Crippen LogP contribution in [0.2, 0.25) is 0 Å². The Balaban J connectivity index is 1.45. The summed E-state index contributed by atoms with van der Waals surface area (Å²) in [5.41, 5.74) is 1.47. The lowest BCUT2D eigenvalue weighted by Crippen LogP contribution is -2.38. The van der Waals surface area contributed by atoms with Crippen LogP contribution in [0.3, 0.4) is 0 Å². The lowest BCUT2D eigenvalue weighted by molar-refractivity contribution is -0.140. The van der Waals surface area contributed by atoms with Crippen LogP contribution in [-0.2, 0) is 14.4 Å². The van der Waals surface area contributed by atoms with Crippen LogP contribution in [-0.4, -0.2) is 40.7 Å². The highest BCUT2D eigenvalue weighted by atomic mass is 32.1. The van der Waals surface area contributed by atoms with E-state index in [1.807, 2.05) is 5.38 Å². The van der Waals surface area contributed by atoms with E-state index in [0.717, 1.165) is 44.1 Å². The Morgan fingerprint density at radius 1 is 1.16 bits per heavy atom.